The highest BCUT2D eigenvalue weighted by molar-refractivity contribution is 6.21. The normalized spacial score (nSPS) is 15.4. The molecular formula is C11H16ClN. The largest absolute Gasteiger partial charge is 0.261 e. The molecule has 0 aliphatic carbocycles. The molecule has 0 N–H and O–H groups in total. The van der Waals surface area contributed by atoms with E-state index in [1.165, 1.54) is 5.56 Å². The molecule has 1 heterocycles. The molecule has 0 aliphatic heterocycles. The van der Waals surface area contributed by atoms with Gasteiger partial charge in [-0.2, -0.15) is 0 Å². The Labute approximate surface area is 85.1 Å². The van der Waals surface area contributed by atoms with Crippen molar-refractivity contribution in [3.8, 4) is 0 Å². The van der Waals surface area contributed by atoms with Crippen LogP contribution in [0.3, 0.4) is 0 Å². The first-order chi connectivity index (χ1) is 6.16. The first-order valence-corrected chi connectivity index (χ1v) is 5.16. The average Bonchev–Trinajstić information content (AvgIpc) is 2.16. The lowest BCUT2D eigenvalue weighted by Crippen LogP contribution is -2.11. The van der Waals surface area contributed by atoms with E-state index in [4.69, 9.17) is 11.6 Å². The third-order valence-electron chi connectivity index (χ3n) is 2.41. The second kappa shape index (κ2) is 4.61. The van der Waals surface area contributed by atoms with Crippen molar-refractivity contribution < 1.29 is 0 Å². The van der Waals surface area contributed by atoms with E-state index < -0.39 is 0 Å². The van der Waals surface area contributed by atoms with Gasteiger partial charge in [-0.05, 0) is 25.0 Å². The summed E-state index contributed by atoms with van der Waals surface area (Å²) in [6.45, 7) is 6.32. The molecule has 13 heavy (non-hydrogen) atoms. The summed E-state index contributed by atoms with van der Waals surface area (Å²) in [6, 6.07) is 4.04. The summed E-state index contributed by atoms with van der Waals surface area (Å²) in [5, 5.41) is 0.189. The van der Waals surface area contributed by atoms with Gasteiger partial charge in [0.05, 0.1) is 0 Å². The fraction of sp³-hybridized carbons (Fsp3) is 0.545. The summed E-state index contributed by atoms with van der Waals surface area (Å²) in [7, 11) is 0. The second-order valence-corrected chi connectivity index (χ2v) is 3.98. The summed E-state index contributed by atoms with van der Waals surface area (Å²) in [5.74, 6) is 0.341. The van der Waals surface area contributed by atoms with Crippen LogP contribution in [0.4, 0.5) is 0 Å². The van der Waals surface area contributed by atoms with Crippen LogP contribution in [-0.4, -0.2) is 10.4 Å². The smallest absolute Gasteiger partial charge is 0.0475 e. The van der Waals surface area contributed by atoms with Gasteiger partial charge in [0, 0.05) is 23.2 Å². The van der Waals surface area contributed by atoms with Crippen LogP contribution in [0, 0.1) is 6.92 Å². The van der Waals surface area contributed by atoms with Gasteiger partial charge in [-0.3, -0.25) is 4.98 Å². The molecule has 0 saturated carbocycles. The van der Waals surface area contributed by atoms with Gasteiger partial charge in [0.1, 0.15) is 0 Å². The quantitative estimate of drug-likeness (QED) is 0.676. The molecule has 0 saturated heterocycles. The van der Waals surface area contributed by atoms with E-state index in [9.17, 15) is 0 Å². The number of hydrogen-bond donors (Lipinski definition) is 0. The molecule has 2 atom stereocenters. The number of rotatable bonds is 3. The number of aryl methyl sites for hydroxylation is 1. The van der Waals surface area contributed by atoms with Crippen LogP contribution in [0.15, 0.2) is 18.3 Å². The van der Waals surface area contributed by atoms with Gasteiger partial charge < -0.3 is 0 Å². The minimum absolute atomic E-state index is 0.189. The summed E-state index contributed by atoms with van der Waals surface area (Å²) in [6.07, 6.45) is 2.82. The molecule has 0 aliphatic rings. The monoisotopic (exact) mass is 197 g/mol. The van der Waals surface area contributed by atoms with Gasteiger partial charge >= 0.3 is 0 Å². The standard InChI is InChI=1S/C11H16ClN/c1-4-10(12)9(3)11-8(2)6-5-7-13-11/h5-7,9-10H,4H2,1-3H3. The molecule has 2 unspecified atom stereocenters. The zero-order valence-electron chi connectivity index (χ0n) is 8.42. The van der Waals surface area contributed by atoms with Crippen molar-refractivity contribution in [3.05, 3.63) is 29.6 Å². The Morgan fingerprint density at radius 3 is 2.77 bits per heavy atom. The highest BCUT2D eigenvalue weighted by atomic mass is 35.5. The molecule has 0 spiro atoms. The predicted molar refractivity (Wildman–Crippen MR) is 57.3 cm³/mol. The van der Waals surface area contributed by atoms with Crippen LogP contribution in [-0.2, 0) is 0 Å². The maximum absolute atomic E-state index is 6.18. The molecule has 0 amide bonds. The molecule has 1 aromatic rings. The van der Waals surface area contributed by atoms with Crippen molar-refractivity contribution in [2.24, 2.45) is 0 Å². The lowest BCUT2D eigenvalue weighted by atomic mass is 9.98. The Bertz CT molecular complexity index is 273. The van der Waals surface area contributed by atoms with Crippen molar-refractivity contribution >= 4 is 11.6 Å². The molecule has 0 fully saturated rings. The van der Waals surface area contributed by atoms with Crippen LogP contribution >= 0.6 is 11.6 Å². The number of hydrogen-bond acceptors (Lipinski definition) is 1. The lowest BCUT2D eigenvalue weighted by molar-refractivity contribution is 0.652. The zero-order valence-corrected chi connectivity index (χ0v) is 9.17. The summed E-state index contributed by atoms with van der Waals surface area (Å²) in [4.78, 5) is 4.36. The van der Waals surface area contributed by atoms with Gasteiger partial charge in [0.15, 0.2) is 0 Å². The van der Waals surface area contributed by atoms with Crippen LogP contribution in [0.2, 0.25) is 0 Å². The van der Waals surface area contributed by atoms with Crippen molar-refractivity contribution in [3.63, 3.8) is 0 Å². The van der Waals surface area contributed by atoms with E-state index in [1.54, 1.807) is 0 Å². The molecule has 1 aromatic heterocycles. The minimum Gasteiger partial charge on any atom is -0.261 e. The van der Waals surface area contributed by atoms with Gasteiger partial charge in [0.2, 0.25) is 0 Å². The average molecular weight is 198 g/mol. The fourth-order valence-electron chi connectivity index (χ4n) is 1.50. The molecule has 72 valence electrons. The third kappa shape index (κ3) is 2.44. The third-order valence-corrected chi connectivity index (χ3v) is 3.10. The van der Waals surface area contributed by atoms with Crippen molar-refractivity contribution in [1.29, 1.82) is 0 Å². The Morgan fingerprint density at radius 2 is 2.23 bits per heavy atom. The number of halogens is 1. The maximum Gasteiger partial charge on any atom is 0.0475 e. The van der Waals surface area contributed by atoms with Crippen molar-refractivity contribution in [2.75, 3.05) is 0 Å². The summed E-state index contributed by atoms with van der Waals surface area (Å²) < 4.78 is 0. The van der Waals surface area contributed by atoms with Gasteiger partial charge in [-0.25, -0.2) is 0 Å². The zero-order chi connectivity index (χ0) is 9.84. The Balaban J connectivity index is 2.88. The Morgan fingerprint density at radius 1 is 1.54 bits per heavy atom. The molecular weight excluding hydrogens is 182 g/mol. The number of alkyl halides is 1. The first kappa shape index (κ1) is 10.5. The lowest BCUT2D eigenvalue weighted by Gasteiger charge is -2.17. The van der Waals surface area contributed by atoms with Crippen LogP contribution in [0.25, 0.3) is 0 Å². The molecule has 2 heteroatoms. The Hall–Kier alpha value is -0.560. The molecule has 1 rings (SSSR count). The molecule has 0 aromatic carbocycles. The Kier molecular flexibility index (Phi) is 3.73. The topological polar surface area (TPSA) is 12.9 Å². The summed E-state index contributed by atoms with van der Waals surface area (Å²) >= 11 is 6.18. The first-order valence-electron chi connectivity index (χ1n) is 4.72. The number of aromatic nitrogens is 1. The highest BCUT2D eigenvalue weighted by Gasteiger charge is 2.16. The van der Waals surface area contributed by atoms with Crippen LogP contribution < -0.4 is 0 Å². The van der Waals surface area contributed by atoms with E-state index in [-0.39, 0.29) is 5.38 Å². The minimum atomic E-state index is 0.189. The van der Waals surface area contributed by atoms with E-state index in [0.29, 0.717) is 5.92 Å². The molecule has 1 nitrogen and oxygen atoms in total. The number of pyridine rings is 1. The summed E-state index contributed by atoms with van der Waals surface area (Å²) in [5.41, 5.74) is 2.36. The highest BCUT2D eigenvalue weighted by Crippen LogP contribution is 2.25. The molecule has 0 radical (unpaired) electrons. The van der Waals surface area contributed by atoms with Crippen LogP contribution in [0.5, 0.6) is 0 Å². The van der Waals surface area contributed by atoms with Gasteiger partial charge in [0.25, 0.3) is 0 Å². The molecule has 0 bridgehead atoms. The second-order valence-electron chi connectivity index (χ2n) is 3.42. The maximum atomic E-state index is 6.18. The van der Waals surface area contributed by atoms with E-state index in [0.717, 1.165) is 12.1 Å². The van der Waals surface area contributed by atoms with Crippen molar-refractivity contribution in [2.45, 2.75) is 38.5 Å². The van der Waals surface area contributed by atoms with Gasteiger partial charge in [-0.15, -0.1) is 11.6 Å². The van der Waals surface area contributed by atoms with Gasteiger partial charge in [-0.1, -0.05) is 19.9 Å². The predicted octanol–water partition coefficient (Wildman–Crippen LogP) is 3.51. The van der Waals surface area contributed by atoms with E-state index in [1.807, 2.05) is 12.3 Å². The van der Waals surface area contributed by atoms with Crippen molar-refractivity contribution in [1.82, 2.24) is 4.98 Å². The van der Waals surface area contributed by atoms with E-state index in [2.05, 4.69) is 31.8 Å². The SMILES string of the molecule is CCC(Cl)C(C)c1ncccc1C. The van der Waals surface area contributed by atoms with E-state index >= 15 is 0 Å². The number of nitrogens with zero attached hydrogens (tertiary/aromatic N) is 1. The van der Waals surface area contributed by atoms with Crippen LogP contribution in [0.1, 0.15) is 37.4 Å². The fourth-order valence-corrected chi connectivity index (χ4v) is 1.62.